The smallest absolute Gasteiger partial charge is 0.257 e. The monoisotopic (exact) mass is 459 g/mol. The molecule has 2 N–H and O–H groups in total. The molecule has 174 valence electrons. The lowest BCUT2D eigenvalue weighted by Crippen LogP contribution is -2.50. The number of methoxy groups -OCH3 is 1. The van der Waals surface area contributed by atoms with Crippen LogP contribution in [0.3, 0.4) is 0 Å². The molecule has 0 radical (unpaired) electrons. The molecule has 0 atom stereocenters. The summed E-state index contributed by atoms with van der Waals surface area (Å²) in [5.74, 6) is -0.238. The highest BCUT2D eigenvalue weighted by molar-refractivity contribution is 6.09. The van der Waals surface area contributed by atoms with Gasteiger partial charge in [-0.05, 0) is 48.5 Å². The molecule has 3 aromatic carbocycles. The van der Waals surface area contributed by atoms with E-state index >= 15 is 0 Å². The lowest BCUT2D eigenvalue weighted by atomic mass is 10.1. The molecule has 0 aliphatic carbocycles. The Morgan fingerprint density at radius 3 is 1.88 bits per heavy atom. The van der Waals surface area contributed by atoms with Crippen LogP contribution in [-0.4, -0.2) is 65.9 Å². The molecule has 1 aliphatic rings. The van der Waals surface area contributed by atoms with E-state index in [1.54, 1.807) is 83.6 Å². The van der Waals surface area contributed by atoms with Crippen molar-refractivity contribution in [2.75, 3.05) is 38.6 Å². The minimum Gasteiger partial charge on any atom is -0.507 e. The van der Waals surface area contributed by atoms with Crippen LogP contribution in [0, 0.1) is 0 Å². The van der Waals surface area contributed by atoms with Gasteiger partial charge in [0.15, 0.2) is 0 Å². The molecule has 0 spiro atoms. The van der Waals surface area contributed by atoms with E-state index in [-0.39, 0.29) is 29.0 Å². The summed E-state index contributed by atoms with van der Waals surface area (Å²) in [6.07, 6.45) is 0. The summed E-state index contributed by atoms with van der Waals surface area (Å²) in [7, 11) is 1.55. The number of aromatic hydroxyl groups is 1. The average molecular weight is 460 g/mol. The Hall–Kier alpha value is -4.33. The largest absolute Gasteiger partial charge is 0.507 e. The van der Waals surface area contributed by atoms with E-state index in [0.717, 1.165) is 0 Å². The second-order valence-corrected chi connectivity index (χ2v) is 7.83. The molecule has 1 aliphatic heterocycles. The number of carbonyl (C=O) groups excluding carboxylic acids is 3. The molecule has 0 aromatic heterocycles. The molecule has 1 heterocycles. The van der Waals surface area contributed by atoms with Crippen LogP contribution < -0.4 is 10.1 Å². The molecule has 8 nitrogen and oxygen atoms in total. The van der Waals surface area contributed by atoms with Crippen LogP contribution in [-0.2, 0) is 0 Å². The van der Waals surface area contributed by atoms with Gasteiger partial charge < -0.3 is 25.0 Å². The number of phenolic OH excluding ortho intramolecular Hbond substituents is 1. The van der Waals surface area contributed by atoms with E-state index in [9.17, 15) is 19.5 Å². The SMILES string of the molecule is COc1ccc(C(=O)Nc2ccccc2C(=O)N2CCN(C(=O)c3ccccc3O)CC2)cc1. The predicted octanol–water partition coefficient (Wildman–Crippen LogP) is 3.25. The first-order valence-electron chi connectivity index (χ1n) is 10.9. The molecule has 0 unspecified atom stereocenters. The number of nitrogens with zero attached hydrogens (tertiary/aromatic N) is 2. The van der Waals surface area contributed by atoms with E-state index in [2.05, 4.69) is 5.32 Å². The molecule has 4 rings (SSSR count). The summed E-state index contributed by atoms with van der Waals surface area (Å²) in [4.78, 5) is 41.9. The minimum absolute atomic E-state index is 0.0625. The fourth-order valence-electron chi connectivity index (χ4n) is 3.82. The number of hydrogen-bond acceptors (Lipinski definition) is 5. The Bertz CT molecular complexity index is 1200. The molecule has 1 fully saturated rings. The summed E-state index contributed by atoms with van der Waals surface area (Å²) in [5, 5.41) is 12.8. The fourth-order valence-corrected chi connectivity index (χ4v) is 3.82. The number of rotatable bonds is 5. The number of piperazine rings is 1. The van der Waals surface area contributed by atoms with Gasteiger partial charge in [-0.3, -0.25) is 14.4 Å². The highest BCUT2D eigenvalue weighted by Gasteiger charge is 2.27. The topological polar surface area (TPSA) is 99.2 Å². The van der Waals surface area contributed by atoms with Crippen molar-refractivity contribution in [1.29, 1.82) is 0 Å². The van der Waals surface area contributed by atoms with Gasteiger partial charge in [-0.2, -0.15) is 0 Å². The Balaban J connectivity index is 1.42. The van der Waals surface area contributed by atoms with E-state index in [4.69, 9.17) is 4.74 Å². The lowest BCUT2D eigenvalue weighted by molar-refractivity contribution is 0.0534. The van der Waals surface area contributed by atoms with Gasteiger partial charge in [-0.15, -0.1) is 0 Å². The van der Waals surface area contributed by atoms with Gasteiger partial charge in [0.25, 0.3) is 17.7 Å². The third-order valence-corrected chi connectivity index (χ3v) is 5.75. The highest BCUT2D eigenvalue weighted by Crippen LogP contribution is 2.22. The third kappa shape index (κ3) is 4.85. The molecule has 34 heavy (non-hydrogen) atoms. The number of carbonyl (C=O) groups is 3. The lowest BCUT2D eigenvalue weighted by Gasteiger charge is -2.35. The van der Waals surface area contributed by atoms with Gasteiger partial charge in [0, 0.05) is 31.7 Å². The van der Waals surface area contributed by atoms with Crippen LogP contribution in [0.5, 0.6) is 11.5 Å². The second kappa shape index (κ2) is 10.1. The molecule has 0 saturated carbocycles. The molecule has 3 aromatic rings. The summed E-state index contributed by atoms with van der Waals surface area (Å²) >= 11 is 0. The molecule has 8 heteroatoms. The average Bonchev–Trinajstić information content (AvgIpc) is 2.88. The zero-order valence-electron chi connectivity index (χ0n) is 18.7. The molecule has 1 saturated heterocycles. The van der Waals surface area contributed by atoms with Crippen molar-refractivity contribution in [3.63, 3.8) is 0 Å². The summed E-state index contributed by atoms with van der Waals surface area (Å²) < 4.78 is 5.12. The Kier molecular flexibility index (Phi) is 6.77. The van der Waals surface area contributed by atoms with Crippen molar-refractivity contribution < 1.29 is 24.2 Å². The minimum atomic E-state index is -0.332. The number of phenols is 1. The molecular weight excluding hydrogens is 434 g/mol. The normalized spacial score (nSPS) is 13.3. The highest BCUT2D eigenvalue weighted by atomic mass is 16.5. The maximum Gasteiger partial charge on any atom is 0.257 e. The number of nitrogens with one attached hydrogen (secondary N) is 1. The number of anilines is 1. The first kappa shape index (κ1) is 22.8. The predicted molar refractivity (Wildman–Crippen MR) is 127 cm³/mol. The Morgan fingerprint density at radius 2 is 1.29 bits per heavy atom. The summed E-state index contributed by atoms with van der Waals surface area (Å²) in [5.41, 5.74) is 1.49. The summed E-state index contributed by atoms with van der Waals surface area (Å²) in [6.45, 7) is 1.39. The van der Waals surface area contributed by atoms with E-state index in [1.807, 2.05) is 0 Å². The maximum absolute atomic E-state index is 13.2. The first-order chi connectivity index (χ1) is 16.5. The number of amides is 3. The van der Waals surface area contributed by atoms with Gasteiger partial charge in [-0.1, -0.05) is 24.3 Å². The van der Waals surface area contributed by atoms with Crippen molar-refractivity contribution in [2.45, 2.75) is 0 Å². The molecule has 3 amide bonds. The Morgan fingerprint density at radius 1 is 0.765 bits per heavy atom. The van der Waals surface area contributed by atoms with Crippen LogP contribution in [0.25, 0.3) is 0 Å². The van der Waals surface area contributed by atoms with Crippen LogP contribution in [0.15, 0.2) is 72.8 Å². The number of benzene rings is 3. The van der Waals surface area contributed by atoms with Crippen molar-refractivity contribution in [2.24, 2.45) is 0 Å². The first-order valence-corrected chi connectivity index (χ1v) is 10.9. The van der Waals surface area contributed by atoms with E-state index in [0.29, 0.717) is 48.7 Å². The maximum atomic E-state index is 13.2. The van der Waals surface area contributed by atoms with Crippen molar-refractivity contribution >= 4 is 23.4 Å². The van der Waals surface area contributed by atoms with Gasteiger partial charge in [0.1, 0.15) is 11.5 Å². The number of para-hydroxylation sites is 2. The number of hydrogen-bond donors (Lipinski definition) is 2. The second-order valence-electron chi connectivity index (χ2n) is 7.83. The quantitative estimate of drug-likeness (QED) is 0.610. The van der Waals surface area contributed by atoms with Gasteiger partial charge in [0.05, 0.1) is 23.9 Å². The Labute approximate surface area is 197 Å². The van der Waals surface area contributed by atoms with Gasteiger partial charge in [0.2, 0.25) is 0 Å². The van der Waals surface area contributed by atoms with E-state index < -0.39 is 0 Å². The number of ether oxygens (including phenoxy) is 1. The van der Waals surface area contributed by atoms with Crippen molar-refractivity contribution in [3.05, 3.63) is 89.5 Å². The zero-order chi connectivity index (χ0) is 24.1. The summed E-state index contributed by atoms with van der Waals surface area (Å²) in [6, 6.07) is 20.0. The van der Waals surface area contributed by atoms with Crippen LogP contribution >= 0.6 is 0 Å². The zero-order valence-corrected chi connectivity index (χ0v) is 18.7. The van der Waals surface area contributed by atoms with Gasteiger partial charge in [-0.25, -0.2) is 0 Å². The third-order valence-electron chi connectivity index (χ3n) is 5.75. The standard InChI is InChI=1S/C26H25N3O5/c1-34-19-12-10-18(11-13-19)24(31)27-22-8-4-2-6-20(22)25(32)28-14-16-29(17-15-28)26(33)21-7-3-5-9-23(21)30/h2-13,30H,14-17H2,1H3,(H,27,31). The van der Waals surface area contributed by atoms with Crippen LogP contribution in [0.2, 0.25) is 0 Å². The molecule has 0 bridgehead atoms. The molecular formula is C26H25N3O5. The van der Waals surface area contributed by atoms with Crippen molar-refractivity contribution in [3.8, 4) is 11.5 Å². The van der Waals surface area contributed by atoms with E-state index in [1.165, 1.54) is 6.07 Å². The van der Waals surface area contributed by atoms with Gasteiger partial charge >= 0.3 is 0 Å². The van der Waals surface area contributed by atoms with Crippen LogP contribution in [0.4, 0.5) is 5.69 Å². The van der Waals surface area contributed by atoms with Crippen LogP contribution in [0.1, 0.15) is 31.1 Å². The van der Waals surface area contributed by atoms with Crippen molar-refractivity contribution in [1.82, 2.24) is 9.80 Å². The fraction of sp³-hybridized carbons (Fsp3) is 0.192.